The second-order valence-corrected chi connectivity index (χ2v) is 7.38. The van der Waals surface area contributed by atoms with Gasteiger partial charge in [-0.3, -0.25) is 9.69 Å². The van der Waals surface area contributed by atoms with Crippen LogP contribution in [0.5, 0.6) is 5.75 Å². The van der Waals surface area contributed by atoms with Gasteiger partial charge in [0.05, 0.1) is 0 Å². The first-order valence-corrected chi connectivity index (χ1v) is 9.75. The van der Waals surface area contributed by atoms with Crippen molar-refractivity contribution in [2.75, 3.05) is 13.1 Å². The van der Waals surface area contributed by atoms with Gasteiger partial charge in [0.1, 0.15) is 12.4 Å². The quantitative estimate of drug-likeness (QED) is 0.732. The second kappa shape index (κ2) is 7.97. The predicted octanol–water partition coefficient (Wildman–Crippen LogP) is 4.40. The molecule has 2 aromatic carbocycles. The summed E-state index contributed by atoms with van der Waals surface area (Å²) in [6.07, 6.45) is 3.75. The minimum Gasteiger partial charge on any atom is -0.489 e. The molecule has 27 heavy (non-hydrogen) atoms. The Morgan fingerprint density at radius 3 is 2.59 bits per heavy atom. The average molecular weight is 362 g/mol. The van der Waals surface area contributed by atoms with Crippen LogP contribution in [0.15, 0.2) is 53.3 Å². The fraction of sp³-hybridized carbons (Fsp3) is 0.348. The Morgan fingerprint density at radius 2 is 1.81 bits per heavy atom. The van der Waals surface area contributed by atoms with Crippen molar-refractivity contribution in [3.05, 3.63) is 75.6 Å². The van der Waals surface area contributed by atoms with Gasteiger partial charge in [0.2, 0.25) is 0 Å². The van der Waals surface area contributed by atoms with Crippen LogP contribution in [0, 0.1) is 6.92 Å². The van der Waals surface area contributed by atoms with Gasteiger partial charge in [-0.1, -0.05) is 36.8 Å². The highest BCUT2D eigenvalue weighted by atomic mass is 16.5. The molecular formula is C23H26N2O2. The number of nitrogens with one attached hydrogen (secondary N) is 1. The molecule has 1 N–H and O–H groups in total. The van der Waals surface area contributed by atoms with E-state index in [1.807, 2.05) is 55.5 Å². The number of aromatic amines is 1. The molecule has 0 atom stereocenters. The molecule has 0 spiro atoms. The van der Waals surface area contributed by atoms with E-state index in [1.54, 1.807) is 0 Å². The minimum absolute atomic E-state index is 0.122. The summed E-state index contributed by atoms with van der Waals surface area (Å²) in [6, 6.07) is 15.8. The number of likely N-dealkylation sites (tertiary alicyclic amines) is 1. The molecule has 4 nitrogen and oxygen atoms in total. The molecule has 2 heterocycles. The van der Waals surface area contributed by atoms with Crippen LogP contribution >= 0.6 is 0 Å². The van der Waals surface area contributed by atoms with E-state index >= 15 is 0 Å². The zero-order valence-corrected chi connectivity index (χ0v) is 15.8. The molecule has 0 amide bonds. The molecule has 4 rings (SSSR count). The van der Waals surface area contributed by atoms with E-state index in [-0.39, 0.29) is 5.43 Å². The van der Waals surface area contributed by atoms with Crippen LogP contribution in [-0.4, -0.2) is 23.0 Å². The van der Waals surface area contributed by atoms with Crippen LogP contribution in [0.3, 0.4) is 0 Å². The van der Waals surface area contributed by atoms with Crippen molar-refractivity contribution in [1.82, 2.24) is 9.88 Å². The van der Waals surface area contributed by atoms with Crippen LogP contribution in [0.2, 0.25) is 0 Å². The predicted molar refractivity (Wildman–Crippen MR) is 109 cm³/mol. The number of H-pyrrole nitrogens is 1. The molecule has 0 aliphatic carbocycles. The van der Waals surface area contributed by atoms with Crippen LogP contribution in [0.4, 0.5) is 0 Å². The molecule has 0 unspecified atom stereocenters. The number of fused-ring (bicyclic) bond motifs is 1. The number of benzene rings is 2. The number of aromatic nitrogens is 1. The van der Waals surface area contributed by atoms with E-state index in [9.17, 15) is 4.79 Å². The van der Waals surface area contributed by atoms with E-state index in [0.717, 1.165) is 47.7 Å². The molecule has 0 bridgehead atoms. The third-order valence-electron chi connectivity index (χ3n) is 5.36. The maximum absolute atomic E-state index is 13.1. The summed E-state index contributed by atoms with van der Waals surface area (Å²) in [5, 5.41) is 0.707. The Labute approximate surface area is 159 Å². The summed E-state index contributed by atoms with van der Waals surface area (Å²) >= 11 is 0. The lowest BCUT2D eigenvalue weighted by Gasteiger charge is -2.26. The third-order valence-corrected chi connectivity index (χ3v) is 5.36. The van der Waals surface area contributed by atoms with Crippen molar-refractivity contribution in [3.8, 4) is 5.75 Å². The zero-order chi connectivity index (χ0) is 18.6. The fourth-order valence-corrected chi connectivity index (χ4v) is 3.79. The van der Waals surface area contributed by atoms with E-state index in [1.165, 1.54) is 19.3 Å². The molecule has 0 radical (unpaired) electrons. The van der Waals surface area contributed by atoms with E-state index < -0.39 is 0 Å². The normalized spacial score (nSPS) is 15.1. The lowest BCUT2D eigenvalue weighted by molar-refractivity contribution is 0.220. The molecule has 1 aliphatic rings. The summed E-state index contributed by atoms with van der Waals surface area (Å²) in [6.45, 7) is 5.39. The van der Waals surface area contributed by atoms with Crippen molar-refractivity contribution in [2.24, 2.45) is 0 Å². The van der Waals surface area contributed by atoms with Crippen LogP contribution in [0.25, 0.3) is 10.9 Å². The molecule has 3 aromatic rings. The Balaban J connectivity index is 1.60. The minimum atomic E-state index is 0.122. The van der Waals surface area contributed by atoms with Gasteiger partial charge in [-0.25, -0.2) is 0 Å². The Kier molecular flexibility index (Phi) is 5.26. The van der Waals surface area contributed by atoms with Gasteiger partial charge in [0, 0.05) is 28.7 Å². The van der Waals surface area contributed by atoms with Gasteiger partial charge in [-0.05, 0) is 56.6 Å². The number of rotatable bonds is 5. The monoisotopic (exact) mass is 362 g/mol. The summed E-state index contributed by atoms with van der Waals surface area (Å²) in [5.41, 5.74) is 3.95. The first kappa shape index (κ1) is 17.8. The Bertz CT molecular complexity index is 973. The molecule has 4 heteroatoms. The number of pyridine rings is 1. The topological polar surface area (TPSA) is 45.3 Å². The summed E-state index contributed by atoms with van der Waals surface area (Å²) in [5.74, 6) is 0.727. The smallest absolute Gasteiger partial charge is 0.194 e. The largest absolute Gasteiger partial charge is 0.489 e. The van der Waals surface area contributed by atoms with Crippen molar-refractivity contribution < 1.29 is 4.74 Å². The second-order valence-electron chi connectivity index (χ2n) is 7.38. The number of piperidine rings is 1. The van der Waals surface area contributed by atoms with Gasteiger partial charge >= 0.3 is 0 Å². The maximum atomic E-state index is 13.1. The van der Waals surface area contributed by atoms with Gasteiger partial charge < -0.3 is 9.72 Å². The van der Waals surface area contributed by atoms with Crippen LogP contribution < -0.4 is 10.2 Å². The number of nitrogens with zero attached hydrogens (tertiary/aromatic N) is 1. The molecule has 1 aliphatic heterocycles. The first-order valence-electron chi connectivity index (χ1n) is 9.75. The Hall–Kier alpha value is -2.59. The van der Waals surface area contributed by atoms with Crippen molar-refractivity contribution in [2.45, 2.75) is 39.3 Å². The van der Waals surface area contributed by atoms with Gasteiger partial charge in [-0.2, -0.15) is 0 Å². The molecule has 1 saturated heterocycles. The standard InChI is InChI=1S/C23H26N2O2/c1-17-21(15-25-12-6-3-7-13-25)23(26)20-14-19(10-11-22(20)24-17)27-16-18-8-4-2-5-9-18/h2,4-5,8-11,14H,3,6-7,12-13,15-16H2,1H3,(H,24,26). The lowest BCUT2D eigenvalue weighted by atomic mass is 10.1. The van der Waals surface area contributed by atoms with Crippen molar-refractivity contribution in [3.63, 3.8) is 0 Å². The van der Waals surface area contributed by atoms with Gasteiger partial charge in [-0.15, -0.1) is 0 Å². The Morgan fingerprint density at radius 1 is 1.04 bits per heavy atom. The van der Waals surface area contributed by atoms with E-state index in [4.69, 9.17) is 4.74 Å². The van der Waals surface area contributed by atoms with E-state index in [0.29, 0.717) is 12.0 Å². The highest BCUT2D eigenvalue weighted by Gasteiger charge is 2.16. The summed E-state index contributed by atoms with van der Waals surface area (Å²) in [4.78, 5) is 18.9. The SMILES string of the molecule is Cc1[nH]c2ccc(OCc3ccccc3)cc2c(=O)c1CN1CCCCC1. The number of ether oxygens (including phenoxy) is 1. The molecule has 140 valence electrons. The molecular weight excluding hydrogens is 336 g/mol. The van der Waals surface area contributed by atoms with Gasteiger partial charge in [0.25, 0.3) is 0 Å². The third kappa shape index (κ3) is 4.06. The zero-order valence-electron chi connectivity index (χ0n) is 15.8. The number of aryl methyl sites for hydroxylation is 1. The lowest BCUT2D eigenvalue weighted by Crippen LogP contribution is -2.32. The maximum Gasteiger partial charge on any atom is 0.194 e. The fourth-order valence-electron chi connectivity index (χ4n) is 3.79. The number of hydrogen-bond acceptors (Lipinski definition) is 3. The average Bonchev–Trinajstić information content (AvgIpc) is 2.71. The van der Waals surface area contributed by atoms with Gasteiger partial charge in [0.15, 0.2) is 5.43 Å². The summed E-state index contributed by atoms with van der Waals surface area (Å²) in [7, 11) is 0. The molecule has 0 saturated carbocycles. The van der Waals surface area contributed by atoms with Crippen LogP contribution in [0.1, 0.15) is 36.1 Å². The molecule has 1 fully saturated rings. The molecule has 1 aromatic heterocycles. The van der Waals surface area contributed by atoms with Crippen LogP contribution in [-0.2, 0) is 13.2 Å². The highest BCUT2D eigenvalue weighted by molar-refractivity contribution is 5.81. The van der Waals surface area contributed by atoms with E-state index in [2.05, 4.69) is 9.88 Å². The highest BCUT2D eigenvalue weighted by Crippen LogP contribution is 2.21. The first-order chi connectivity index (χ1) is 13.2. The van der Waals surface area contributed by atoms with Crippen molar-refractivity contribution >= 4 is 10.9 Å². The number of hydrogen-bond donors (Lipinski definition) is 1. The summed E-state index contributed by atoms with van der Waals surface area (Å²) < 4.78 is 5.91. The van der Waals surface area contributed by atoms with Crippen molar-refractivity contribution in [1.29, 1.82) is 0 Å².